The first-order valence-electron chi connectivity index (χ1n) is 41.1. The number of hydrogen-bond donors (Lipinski definition) is 0. The molecular formula is C82H148N10O9. The van der Waals surface area contributed by atoms with Crippen molar-refractivity contribution < 1.29 is 42.6 Å². The van der Waals surface area contributed by atoms with E-state index in [1.807, 2.05) is 0 Å². The van der Waals surface area contributed by atoms with Gasteiger partial charge >= 0.3 is 0 Å². The van der Waals surface area contributed by atoms with Crippen molar-refractivity contribution in [2.75, 3.05) is 281 Å². The van der Waals surface area contributed by atoms with Crippen LogP contribution in [0.3, 0.4) is 0 Å². The molecule has 19 nitrogen and oxygen atoms in total. The lowest BCUT2D eigenvalue weighted by Gasteiger charge is -2.50. The summed E-state index contributed by atoms with van der Waals surface area (Å²) in [5.41, 5.74) is 5.80. The standard InChI is InChI=1S/C10H13N.2C9H17NO.5C8H15NO.2C7H13NO/c1-11-8-7-10(11)9-5-3-2-4-6-9;1-10-5-2-9(8-10)3-6-11-7-4-9;1-10-6-4-9(5-7-10)3-2-8-11-9;1-9-5-2-8(3-6-9)4-7-10-8;1-9-4-2-8(3-5-9)6-10-7-8;1-9-5-2-3-8(7-9)4-6-10-8;1-9-4-2-3-8(5-9)6-10-7-8;1-9-5-3-2-4-8(9)6-10-7-8;1-8-3-2-7(4-8)5-9-6-7;1-8-4-2-3-7(8)5-9-6-7/h2-6,10H,7-8H2,1H3;2*2-8H2,1H3;5*2-7H2,1H3;2*2-6H2,1H3. The Labute approximate surface area is 615 Å². The van der Waals surface area contributed by atoms with E-state index >= 15 is 0 Å². The van der Waals surface area contributed by atoms with Gasteiger partial charge in [0.05, 0.1) is 107 Å². The molecule has 2 unspecified atom stereocenters. The van der Waals surface area contributed by atoms with E-state index in [-0.39, 0.29) is 0 Å². The Morgan fingerprint density at radius 3 is 1.01 bits per heavy atom. The van der Waals surface area contributed by atoms with Crippen LogP contribution in [0.1, 0.15) is 166 Å². The predicted octanol–water partition coefficient (Wildman–Crippen LogP) is 9.33. The molecule has 0 aromatic heterocycles. The maximum Gasteiger partial charge on any atom is 0.0831 e. The van der Waals surface area contributed by atoms with Gasteiger partial charge in [0.15, 0.2) is 0 Å². The summed E-state index contributed by atoms with van der Waals surface area (Å²) in [6, 6.07) is 11.4. The Hall–Kier alpha value is -1.54. The maximum atomic E-state index is 5.80. The molecule has 19 aliphatic heterocycles. The van der Waals surface area contributed by atoms with E-state index in [1.165, 1.54) is 264 Å². The summed E-state index contributed by atoms with van der Waals surface area (Å²) in [5.74, 6) is 0. The molecule has 19 heterocycles. The second kappa shape index (κ2) is 37.2. The molecule has 20 rings (SSSR count). The third-order valence-corrected chi connectivity index (χ3v) is 27.9. The van der Waals surface area contributed by atoms with E-state index in [0.717, 1.165) is 106 Å². The van der Waals surface area contributed by atoms with E-state index in [1.54, 1.807) is 0 Å². The van der Waals surface area contributed by atoms with Crippen LogP contribution in [-0.4, -0.2) is 358 Å². The van der Waals surface area contributed by atoms with E-state index < -0.39 is 0 Å². The minimum Gasteiger partial charge on any atom is -0.381 e. The number of benzene rings is 1. The van der Waals surface area contributed by atoms with E-state index in [4.69, 9.17) is 42.6 Å². The number of likely N-dealkylation sites (N-methyl/N-ethyl adjacent to an activating group) is 3. The topological polar surface area (TPSA) is 115 Å². The second-order valence-corrected chi connectivity index (χ2v) is 36.4. The van der Waals surface area contributed by atoms with Crippen molar-refractivity contribution in [3.8, 4) is 0 Å². The molecule has 19 heteroatoms. The highest BCUT2D eigenvalue weighted by atomic mass is 16.5. The van der Waals surface area contributed by atoms with Crippen LogP contribution in [0, 0.1) is 21.7 Å². The molecular weight excluding hydrogens is 1270 g/mol. The number of hydrogen-bond acceptors (Lipinski definition) is 19. The number of rotatable bonds is 1. The molecule has 1 aromatic rings. The van der Waals surface area contributed by atoms with Crippen molar-refractivity contribution >= 4 is 0 Å². The molecule has 101 heavy (non-hydrogen) atoms. The summed E-state index contributed by atoms with van der Waals surface area (Å²) in [5, 5.41) is 0. The minimum atomic E-state index is 0.299. The van der Waals surface area contributed by atoms with Crippen LogP contribution in [0.4, 0.5) is 0 Å². The van der Waals surface area contributed by atoms with Gasteiger partial charge in [-0.2, -0.15) is 0 Å². The zero-order valence-electron chi connectivity index (χ0n) is 66.2. The zero-order chi connectivity index (χ0) is 70.9. The first-order chi connectivity index (χ1) is 48.7. The quantitative estimate of drug-likeness (QED) is 0.266. The van der Waals surface area contributed by atoms with E-state index in [9.17, 15) is 0 Å². The van der Waals surface area contributed by atoms with Gasteiger partial charge in [0, 0.05) is 107 Å². The van der Waals surface area contributed by atoms with Gasteiger partial charge in [-0.1, -0.05) is 36.8 Å². The molecule has 2 atom stereocenters. The Morgan fingerprint density at radius 2 is 0.673 bits per heavy atom. The molecule has 19 aliphatic rings. The van der Waals surface area contributed by atoms with Crippen molar-refractivity contribution in [2.24, 2.45) is 21.7 Å². The molecule has 19 fully saturated rings. The highest BCUT2D eigenvalue weighted by molar-refractivity contribution is 5.20. The lowest BCUT2D eigenvalue weighted by Crippen LogP contribution is -2.62. The van der Waals surface area contributed by atoms with Gasteiger partial charge in [-0.25, -0.2) is 0 Å². The van der Waals surface area contributed by atoms with Crippen molar-refractivity contribution in [3.63, 3.8) is 0 Å². The van der Waals surface area contributed by atoms with Gasteiger partial charge in [-0.3, -0.25) is 14.7 Å². The van der Waals surface area contributed by atoms with Crippen molar-refractivity contribution in [3.05, 3.63) is 35.9 Å². The summed E-state index contributed by atoms with van der Waals surface area (Å²) in [6.45, 7) is 36.3. The first kappa shape index (κ1) is 80.5. The average molecular weight is 1420 g/mol. The first-order valence-corrected chi connectivity index (χ1v) is 41.1. The summed E-state index contributed by atoms with van der Waals surface area (Å²) in [6.07, 6.45) is 31.7. The maximum absolute atomic E-state index is 5.80. The predicted molar refractivity (Wildman–Crippen MR) is 407 cm³/mol. The van der Waals surface area contributed by atoms with Gasteiger partial charge in [0.25, 0.3) is 0 Å². The zero-order valence-corrected chi connectivity index (χ0v) is 66.2. The third kappa shape index (κ3) is 22.1. The summed E-state index contributed by atoms with van der Waals surface area (Å²) < 4.78 is 48.4. The SMILES string of the molecule is CN1CCC1c1ccccc1.CN1CCC2(CC1)COC2.CN1CCC2(CCCO2)CC1.CN1CCC2(CCO2)CC1.CN1CCC2(CCOCC2)C1.CN1CCC2(COC2)C1.CN1CCCC12COC2.CN1CCCC2(CCO2)C1.CN1CCCC2(COC2)C1.CN1CCCCC12COC2. The molecule has 0 saturated carbocycles. The molecule has 9 spiro atoms. The van der Waals surface area contributed by atoms with Crippen molar-refractivity contribution in [1.82, 2.24) is 49.0 Å². The molecule has 0 aliphatic carbocycles. The largest absolute Gasteiger partial charge is 0.381 e. The molecule has 580 valence electrons. The minimum absolute atomic E-state index is 0.299. The van der Waals surface area contributed by atoms with Crippen LogP contribution >= 0.6 is 0 Å². The lowest BCUT2D eigenvalue weighted by molar-refractivity contribution is -0.173. The molecule has 0 radical (unpaired) electrons. The Morgan fingerprint density at radius 1 is 0.277 bits per heavy atom. The normalized spacial score (nSPS) is 32.2. The Kier molecular flexibility index (Phi) is 29.7. The van der Waals surface area contributed by atoms with E-state index in [0.29, 0.717) is 55.6 Å². The van der Waals surface area contributed by atoms with Crippen molar-refractivity contribution in [2.45, 2.75) is 188 Å². The number of nitrogens with zero attached hydrogens (tertiary/aromatic N) is 10. The van der Waals surface area contributed by atoms with Crippen LogP contribution in [0.5, 0.6) is 0 Å². The molecule has 19 saturated heterocycles. The Bertz CT molecular complexity index is 2440. The van der Waals surface area contributed by atoms with Gasteiger partial charge in [-0.05, 0) is 275 Å². The Balaban J connectivity index is 0.000000113. The third-order valence-electron chi connectivity index (χ3n) is 27.9. The summed E-state index contributed by atoms with van der Waals surface area (Å²) in [7, 11) is 22.0. The van der Waals surface area contributed by atoms with E-state index in [2.05, 4.69) is 150 Å². The van der Waals surface area contributed by atoms with Crippen LogP contribution in [-0.2, 0) is 42.6 Å². The molecule has 0 bridgehead atoms. The number of piperidine rings is 6. The fourth-order valence-corrected chi connectivity index (χ4v) is 19.4. The second-order valence-electron chi connectivity index (χ2n) is 36.4. The fourth-order valence-electron chi connectivity index (χ4n) is 19.4. The van der Waals surface area contributed by atoms with Gasteiger partial charge in [-0.15, -0.1) is 0 Å². The van der Waals surface area contributed by atoms with Crippen molar-refractivity contribution in [1.29, 1.82) is 0 Å². The highest BCUT2D eigenvalue weighted by Crippen LogP contribution is 2.43. The van der Waals surface area contributed by atoms with Crippen LogP contribution in [0.25, 0.3) is 0 Å². The summed E-state index contributed by atoms with van der Waals surface area (Å²) in [4.78, 5) is 24.1. The monoisotopic (exact) mass is 1420 g/mol. The fraction of sp³-hybridized carbons (Fsp3) is 0.927. The highest BCUT2D eigenvalue weighted by Gasteiger charge is 2.48. The smallest absolute Gasteiger partial charge is 0.0831 e. The summed E-state index contributed by atoms with van der Waals surface area (Å²) >= 11 is 0. The van der Waals surface area contributed by atoms with Crippen LogP contribution in [0.2, 0.25) is 0 Å². The number of ether oxygens (including phenoxy) is 9. The lowest BCUT2D eigenvalue weighted by atomic mass is 9.77. The molecule has 1 aromatic carbocycles. The van der Waals surface area contributed by atoms with Crippen LogP contribution < -0.4 is 0 Å². The van der Waals surface area contributed by atoms with Crippen LogP contribution in [0.15, 0.2) is 30.3 Å². The van der Waals surface area contributed by atoms with Gasteiger partial charge in [0.2, 0.25) is 0 Å². The average Bonchev–Trinajstić information content (AvgIpc) is 1.78. The van der Waals surface area contributed by atoms with Gasteiger partial charge in [0.1, 0.15) is 0 Å². The number of likely N-dealkylation sites (tertiary alicyclic amines) is 10. The molecule has 0 amide bonds. The van der Waals surface area contributed by atoms with Gasteiger partial charge < -0.3 is 76.9 Å². The molecule has 0 N–H and O–H groups in total.